The molecular weight excluding hydrogens is 240 g/mol. The van der Waals surface area contributed by atoms with E-state index in [1.54, 1.807) is 7.11 Å². The molecule has 1 aromatic rings. The number of hydrogen-bond donors (Lipinski definition) is 2. The van der Waals surface area contributed by atoms with Gasteiger partial charge in [-0.2, -0.15) is 0 Å². The summed E-state index contributed by atoms with van der Waals surface area (Å²) >= 11 is 0. The van der Waals surface area contributed by atoms with Gasteiger partial charge in [-0.25, -0.2) is 0 Å². The molecule has 0 saturated carbocycles. The fraction of sp³-hybridized carbons (Fsp3) is 0.600. The Morgan fingerprint density at radius 3 is 2.32 bits per heavy atom. The van der Waals surface area contributed by atoms with E-state index in [1.807, 2.05) is 19.1 Å². The average molecular weight is 264 g/mol. The van der Waals surface area contributed by atoms with Gasteiger partial charge in [0.25, 0.3) is 0 Å². The van der Waals surface area contributed by atoms with Crippen LogP contribution < -0.4 is 10.5 Å². The molecule has 0 radical (unpaired) electrons. The standard InChI is InChI=1S/C15H24N2O2/c1-11(16)15(17-9-7-13(18)8-10-17)12-3-5-14(19-2)6-4-12/h3-6,11,13,15,18H,7-10,16H2,1-2H3. The normalized spacial score (nSPS) is 21.1. The van der Waals surface area contributed by atoms with Gasteiger partial charge in [0.15, 0.2) is 0 Å². The number of aliphatic hydroxyl groups excluding tert-OH is 1. The van der Waals surface area contributed by atoms with E-state index >= 15 is 0 Å². The molecule has 19 heavy (non-hydrogen) atoms. The van der Waals surface area contributed by atoms with Crippen LogP contribution in [0, 0.1) is 0 Å². The third-order valence-electron chi connectivity index (χ3n) is 3.85. The molecule has 4 heteroatoms. The molecule has 1 fully saturated rings. The van der Waals surface area contributed by atoms with E-state index < -0.39 is 0 Å². The van der Waals surface area contributed by atoms with Gasteiger partial charge >= 0.3 is 0 Å². The number of hydrogen-bond acceptors (Lipinski definition) is 4. The molecule has 1 aliphatic heterocycles. The monoisotopic (exact) mass is 264 g/mol. The molecule has 0 amide bonds. The van der Waals surface area contributed by atoms with Crippen LogP contribution in [0.4, 0.5) is 0 Å². The smallest absolute Gasteiger partial charge is 0.118 e. The molecule has 0 aliphatic carbocycles. The second-order valence-corrected chi connectivity index (χ2v) is 5.34. The van der Waals surface area contributed by atoms with Crippen molar-refractivity contribution < 1.29 is 9.84 Å². The van der Waals surface area contributed by atoms with E-state index in [-0.39, 0.29) is 18.2 Å². The van der Waals surface area contributed by atoms with Crippen LogP contribution in [-0.4, -0.2) is 42.4 Å². The predicted octanol–water partition coefficient (Wildman–Crippen LogP) is 1.54. The van der Waals surface area contributed by atoms with Crippen LogP contribution in [0.1, 0.15) is 31.4 Å². The van der Waals surface area contributed by atoms with Crippen molar-refractivity contribution in [2.75, 3.05) is 20.2 Å². The minimum Gasteiger partial charge on any atom is -0.497 e. The van der Waals surface area contributed by atoms with Crippen LogP contribution in [-0.2, 0) is 0 Å². The zero-order valence-corrected chi connectivity index (χ0v) is 11.7. The fourth-order valence-corrected chi connectivity index (χ4v) is 2.81. The van der Waals surface area contributed by atoms with Crippen molar-refractivity contribution in [1.29, 1.82) is 0 Å². The molecule has 4 nitrogen and oxygen atoms in total. The maximum atomic E-state index is 9.61. The Labute approximate surface area is 115 Å². The Morgan fingerprint density at radius 2 is 1.84 bits per heavy atom. The highest BCUT2D eigenvalue weighted by Gasteiger charge is 2.27. The number of ether oxygens (including phenoxy) is 1. The van der Waals surface area contributed by atoms with Crippen molar-refractivity contribution >= 4 is 0 Å². The molecule has 1 aromatic carbocycles. The Hall–Kier alpha value is -1.10. The highest BCUT2D eigenvalue weighted by atomic mass is 16.5. The van der Waals surface area contributed by atoms with Crippen LogP contribution >= 0.6 is 0 Å². The molecule has 3 N–H and O–H groups in total. The summed E-state index contributed by atoms with van der Waals surface area (Å²) in [5.74, 6) is 0.862. The molecule has 2 rings (SSSR count). The minimum absolute atomic E-state index is 0.0589. The third kappa shape index (κ3) is 3.47. The van der Waals surface area contributed by atoms with Crippen LogP contribution in [0.15, 0.2) is 24.3 Å². The predicted molar refractivity (Wildman–Crippen MR) is 76.2 cm³/mol. The Bertz CT molecular complexity index is 384. The zero-order chi connectivity index (χ0) is 13.8. The van der Waals surface area contributed by atoms with Crippen molar-refractivity contribution in [1.82, 2.24) is 4.90 Å². The second kappa shape index (κ2) is 6.37. The summed E-state index contributed by atoms with van der Waals surface area (Å²) in [7, 11) is 1.67. The van der Waals surface area contributed by atoms with Gasteiger partial charge in [-0.1, -0.05) is 12.1 Å². The lowest BCUT2D eigenvalue weighted by molar-refractivity contribution is 0.0548. The van der Waals surface area contributed by atoms with E-state index in [0.29, 0.717) is 0 Å². The maximum Gasteiger partial charge on any atom is 0.118 e. The molecule has 0 bridgehead atoms. The van der Waals surface area contributed by atoms with Crippen molar-refractivity contribution in [2.45, 2.75) is 38.0 Å². The largest absolute Gasteiger partial charge is 0.497 e. The van der Waals surface area contributed by atoms with Crippen LogP contribution in [0.25, 0.3) is 0 Å². The lowest BCUT2D eigenvalue weighted by atomic mass is 9.96. The topological polar surface area (TPSA) is 58.7 Å². The van der Waals surface area contributed by atoms with Gasteiger partial charge in [0, 0.05) is 25.2 Å². The van der Waals surface area contributed by atoms with Gasteiger partial charge in [-0.05, 0) is 37.5 Å². The van der Waals surface area contributed by atoms with E-state index in [0.717, 1.165) is 31.7 Å². The molecule has 0 spiro atoms. The van der Waals surface area contributed by atoms with E-state index in [9.17, 15) is 5.11 Å². The summed E-state index contributed by atoms with van der Waals surface area (Å²) in [6.45, 7) is 3.85. The fourth-order valence-electron chi connectivity index (χ4n) is 2.81. The molecular formula is C15H24N2O2. The number of nitrogens with zero attached hydrogens (tertiary/aromatic N) is 1. The number of rotatable bonds is 4. The maximum absolute atomic E-state index is 9.61. The van der Waals surface area contributed by atoms with Crippen LogP contribution in [0.5, 0.6) is 5.75 Å². The number of aliphatic hydroxyl groups is 1. The number of piperidine rings is 1. The molecule has 2 atom stereocenters. The van der Waals surface area contributed by atoms with Crippen molar-refractivity contribution in [3.05, 3.63) is 29.8 Å². The lowest BCUT2D eigenvalue weighted by Gasteiger charge is -2.38. The number of nitrogens with two attached hydrogens (primary N) is 1. The number of methoxy groups -OCH3 is 1. The molecule has 2 unspecified atom stereocenters. The Kier molecular flexibility index (Phi) is 4.80. The first-order valence-corrected chi connectivity index (χ1v) is 6.93. The Balaban J connectivity index is 2.14. The minimum atomic E-state index is -0.152. The summed E-state index contributed by atoms with van der Waals surface area (Å²) in [5, 5.41) is 9.61. The number of benzene rings is 1. The summed E-state index contributed by atoms with van der Waals surface area (Å²) < 4.78 is 5.19. The molecule has 106 valence electrons. The van der Waals surface area contributed by atoms with Gasteiger partial charge in [-0.3, -0.25) is 4.90 Å². The van der Waals surface area contributed by atoms with E-state index in [1.165, 1.54) is 5.56 Å². The average Bonchev–Trinajstić information content (AvgIpc) is 2.42. The van der Waals surface area contributed by atoms with Gasteiger partial charge in [-0.15, -0.1) is 0 Å². The van der Waals surface area contributed by atoms with Crippen molar-refractivity contribution in [3.8, 4) is 5.75 Å². The lowest BCUT2D eigenvalue weighted by Crippen LogP contribution is -2.44. The summed E-state index contributed by atoms with van der Waals surface area (Å²) in [6, 6.07) is 8.38. The summed E-state index contributed by atoms with van der Waals surface area (Å²) in [5.41, 5.74) is 7.38. The summed E-state index contributed by atoms with van der Waals surface area (Å²) in [6.07, 6.45) is 1.51. The van der Waals surface area contributed by atoms with Crippen molar-refractivity contribution in [3.63, 3.8) is 0 Å². The molecule has 1 saturated heterocycles. The first-order chi connectivity index (χ1) is 9.11. The molecule has 1 aliphatic rings. The van der Waals surface area contributed by atoms with Gasteiger partial charge in [0.1, 0.15) is 5.75 Å². The Morgan fingerprint density at radius 1 is 1.26 bits per heavy atom. The summed E-state index contributed by atoms with van der Waals surface area (Å²) in [4.78, 5) is 2.37. The van der Waals surface area contributed by atoms with Crippen molar-refractivity contribution in [2.24, 2.45) is 5.73 Å². The highest BCUT2D eigenvalue weighted by Crippen LogP contribution is 2.28. The quantitative estimate of drug-likeness (QED) is 0.866. The third-order valence-corrected chi connectivity index (χ3v) is 3.85. The van der Waals surface area contributed by atoms with Crippen LogP contribution in [0.3, 0.4) is 0 Å². The molecule has 1 heterocycles. The van der Waals surface area contributed by atoms with E-state index in [4.69, 9.17) is 10.5 Å². The highest BCUT2D eigenvalue weighted by molar-refractivity contribution is 5.30. The van der Waals surface area contributed by atoms with Gasteiger partial charge in [0.05, 0.1) is 13.2 Å². The van der Waals surface area contributed by atoms with E-state index in [2.05, 4.69) is 17.0 Å². The van der Waals surface area contributed by atoms with Gasteiger partial charge in [0.2, 0.25) is 0 Å². The second-order valence-electron chi connectivity index (χ2n) is 5.34. The number of likely N-dealkylation sites (tertiary alicyclic amines) is 1. The van der Waals surface area contributed by atoms with Crippen LogP contribution in [0.2, 0.25) is 0 Å². The zero-order valence-electron chi connectivity index (χ0n) is 11.7. The van der Waals surface area contributed by atoms with Gasteiger partial charge < -0.3 is 15.6 Å². The molecule has 0 aromatic heterocycles. The SMILES string of the molecule is COc1ccc(C(C(C)N)N2CCC(O)CC2)cc1. The first-order valence-electron chi connectivity index (χ1n) is 6.93. The first kappa shape index (κ1) is 14.3.